The van der Waals surface area contributed by atoms with Gasteiger partial charge in [0, 0.05) is 19.7 Å². The fraction of sp³-hybridized carbons (Fsp3) is 0.286. The van der Waals surface area contributed by atoms with Crippen LogP contribution in [-0.4, -0.2) is 55.9 Å². The van der Waals surface area contributed by atoms with Crippen LogP contribution in [0, 0.1) is 0 Å². The SMILES string of the molecule is COCN=CC[C@H](OC(=O)c1ccccc1)[C@H](O)COC(=O)c1ccccc1. The number of methoxy groups -OCH3 is 1. The fourth-order valence-corrected chi connectivity index (χ4v) is 2.30. The average molecular weight is 385 g/mol. The third-order valence-corrected chi connectivity index (χ3v) is 3.76. The average Bonchev–Trinajstić information content (AvgIpc) is 2.75. The molecule has 0 spiro atoms. The van der Waals surface area contributed by atoms with Gasteiger partial charge in [-0.05, 0) is 24.3 Å². The maximum absolute atomic E-state index is 12.3. The number of benzene rings is 2. The van der Waals surface area contributed by atoms with E-state index in [4.69, 9.17) is 14.2 Å². The van der Waals surface area contributed by atoms with Crippen LogP contribution in [0.3, 0.4) is 0 Å². The smallest absolute Gasteiger partial charge is 0.338 e. The van der Waals surface area contributed by atoms with Gasteiger partial charge in [-0.15, -0.1) is 0 Å². The molecule has 2 atom stereocenters. The van der Waals surface area contributed by atoms with E-state index >= 15 is 0 Å². The lowest BCUT2D eigenvalue weighted by atomic mass is 10.1. The lowest BCUT2D eigenvalue weighted by Gasteiger charge is -2.22. The maximum Gasteiger partial charge on any atom is 0.338 e. The monoisotopic (exact) mass is 385 g/mol. The molecule has 2 aromatic rings. The van der Waals surface area contributed by atoms with Gasteiger partial charge in [0.1, 0.15) is 25.5 Å². The summed E-state index contributed by atoms with van der Waals surface area (Å²) in [6, 6.07) is 16.9. The number of aliphatic hydroxyl groups excluding tert-OH is 1. The van der Waals surface area contributed by atoms with Gasteiger partial charge in [-0.1, -0.05) is 36.4 Å². The highest BCUT2D eigenvalue weighted by atomic mass is 16.6. The number of rotatable bonds is 10. The Kier molecular flexibility index (Phi) is 8.84. The predicted molar refractivity (Wildman–Crippen MR) is 103 cm³/mol. The molecule has 2 rings (SSSR count). The molecule has 0 aliphatic heterocycles. The molecule has 28 heavy (non-hydrogen) atoms. The summed E-state index contributed by atoms with van der Waals surface area (Å²) in [5, 5.41) is 10.4. The summed E-state index contributed by atoms with van der Waals surface area (Å²) in [5.74, 6) is -1.15. The lowest BCUT2D eigenvalue weighted by molar-refractivity contribution is -0.0406. The molecule has 0 bridgehead atoms. The molecule has 0 saturated heterocycles. The van der Waals surface area contributed by atoms with E-state index in [1.807, 2.05) is 0 Å². The molecule has 0 aliphatic rings. The van der Waals surface area contributed by atoms with Gasteiger partial charge in [0.05, 0.1) is 11.1 Å². The minimum atomic E-state index is -1.21. The van der Waals surface area contributed by atoms with Crippen molar-refractivity contribution in [3.8, 4) is 0 Å². The molecule has 0 aromatic heterocycles. The molecule has 0 aliphatic carbocycles. The minimum Gasteiger partial charge on any atom is -0.459 e. The Hall–Kier alpha value is -3.03. The molecular formula is C21H23NO6. The van der Waals surface area contributed by atoms with Crippen LogP contribution in [0.25, 0.3) is 0 Å². The molecule has 0 radical (unpaired) electrons. The van der Waals surface area contributed by atoms with Gasteiger partial charge >= 0.3 is 11.9 Å². The van der Waals surface area contributed by atoms with Gasteiger partial charge in [0.25, 0.3) is 0 Å². The Balaban J connectivity index is 1.98. The third kappa shape index (κ3) is 6.94. The zero-order valence-electron chi connectivity index (χ0n) is 15.6. The number of carbonyl (C=O) groups is 2. The van der Waals surface area contributed by atoms with E-state index in [0.717, 1.165) is 0 Å². The van der Waals surface area contributed by atoms with E-state index in [-0.39, 0.29) is 19.8 Å². The Morgan fingerprint density at radius 2 is 1.57 bits per heavy atom. The summed E-state index contributed by atoms with van der Waals surface area (Å²) in [6.07, 6.45) is -0.507. The predicted octanol–water partition coefficient (Wildman–Crippen LogP) is 2.49. The first-order valence-corrected chi connectivity index (χ1v) is 8.75. The molecule has 0 heterocycles. The highest BCUT2D eigenvalue weighted by Gasteiger charge is 2.25. The molecule has 7 nitrogen and oxygen atoms in total. The highest BCUT2D eigenvalue weighted by Crippen LogP contribution is 2.11. The first kappa shape index (κ1) is 21.3. The number of hydrogen-bond donors (Lipinski definition) is 1. The van der Waals surface area contributed by atoms with Crippen molar-refractivity contribution in [2.24, 2.45) is 4.99 Å². The summed E-state index contributed by atoms with van der Waals surface area (Å²) in [4.78, 5) is 28.3. The van der Waals surface area contributed by atoms with Gasteiger partial charge in [0.15, 0.2) is 0 Å². The first-order chi connectivity index (χ1) is 13.6. The standard InChI is InChI=1S/C21H23NO6/c1-26-15-22-13-12-19(28-21(25)17-10-6-3-7-11-17)18(23)14-27-20(24)16-8-4-2-5-9-16/h2-11,13,18-19,23H,12,14-15H2,1H3/t18-,19+/m1/s1. The van der Waals surface area contributed by atoms with E-state index in [0.29, 0.717) is 11.1 Å². The van der Waals surface area contributed by atoms with Crippen molar-refractivity contribution in [3.05, 3.63) is 71.8 Å². The summed E-state index contributed by atoms with van der Waals surface area (Å²) in [6.45, 7) is -0.170. The highest BCUT2D eigenvalue weighted by molar-refractivity contribution is 5.90. The summed E-state index contributed by atoms with van der Waals surface area (Å²) in [5.41, 5.74) is 0.726. The van der Waals surface area contributed by atoms with Crippen molar-refractivity contribution in [1.29, 1.82) is 0 Å². The topological polar surface area (TPSA) is 94.4 Å². The van der Waals surface area contributed by atoms with Crippen LogP contribution in [0.5, 0.6) is 0 Å². The molecule has 148 valence electrons. The van der Waals surface area contributed by atoms with E-state index in [1.165, 1.54) is 13.3 Å². The van der Waals surface area contributed by atoms with Gasteiger partial charge in [-0.3, -0.25) is 4.99 Å². The number of ether oxygens (including phenoxy) is 3. The van der Waals surface area contributed by atoms with Crippen molar-refractivity contribution in [3.63, 3.8) is 0 Å². The summed E-state index contributed by atoms with van der Waals surface area (Å²) >= 11 is 0. The minimum absolute atomic E-state index is 0.145. The molecule has 7 heteroatoms. The maximum atomic E-state index is 12.3. The molecule has 0 saturated carbocycles. The number of esters is 2. The largest absolute Gasteiger partial charge is 0.459 e. The van der Waals surface area contributed by atoms with E-state index in [2.05, 4.69) is 4.99 Å². The molecule has 1 N–H and O–H groups in total. The Bertz CT molecular complexity index is 763. The van der Waals surface area contributed by atoms with Crippen LogP contribution in [0.4, 0.5) is 0 Å². The molecular weight excluding hydrogens is 362 g/mol. The lowest BCUT2D eigenvalue weighted by Crippen LogP contribution is -2.36. The number of nitrogens with zero attached hydrogens (tertiary/aromatic N) is 1. The molecule has 2 aromatic carbocycles. The zero-order valence-corrected chi connectivity index (χ0v) is 15.6. The van der Waals surface area contributed by atoms with Crippen molar-refractivity contribution >= 4 is 18.2 Å². The van der Waals surface area contributed by atoms with Crippen LogP contribution in [0.2, 0.25) is 0 Å². The Morgan fingerprint density at radius 1 is 1.00 bits per heavy atom. The van der Waals surface area contributed by atoms with Crippen LogP contribution in [-0.2, 0) is 14.2 Å². The number of hydrogen-bond acceptors (Lipinski definition) is 7. The second-order valence-electron chi connectivity index (χ2n) is 5.86. The van der Waals surface area contributed by atoms with Gasteiger partial charge < -0.3 is 19.3 Å². The van der Waals surface area contributed by atoms with Crippen LogP contribution < -0.4 is 0 Å². The first-order valence-electron chi connectivity index (χ1n) is 8.75. The van der Waals surface area contributed by atoms with Gasteiger partial charge in [-0.2, -0.15) is 0 Å². The summed E-state index contributed by atoms with van der Waals surface area (Å²) in [7, 11) is 1.50. The van der Waals surface area contributed by atoms with Gasteiger partial charge in [-0.25, -0.2) is 9.59 Å². The second-order valence-corrected chi connectivity index (χ2v) is 5.86. The van der Waals surface area contributed by atoms with Crippen molar-refractivity contribution < 1.29 is 28.9 Å². The van der Waals surface area contributed by atoms with Crippen LogP contribution >= 0.6 is 0 Å². The third-order valence-electron chi connectivity index (χ3n) is 3.76. The van der Waals surface area contributed by atoms with E-state index in [9.17, 15) is 14.7 Å². The van der Waals surface area contributed by atoms with E-state index < -0.39 is 24.1 Å². The van der Waals surface area contributed by atoms with Crippen LogP contribution in [0.1, 0.15) is 27.1 Å². The number of aliphatic imine (C=N–C) groups is 1. The van der Waals surface area contributed by atoms with Gasteiger partial charge in [0.2, 0.25) is 0 Å². The second kappa shape index (κ2) is 11.6. The Labute approximate surface area is 163 Å². The number of carbonyl (C=O) groups excluding carboxylic acids is 2. The van der Waals surface area contributed by atoms with Crippen molar-refractivity contribution in [2.75, 3.05) is 20.4 Å². The molecule has 0 fully saturated rings. The van der Waals surface area contributed by atoms with Crippen molar-refractivity contribution in [1.82, 2.24) is 0 Å². The quantitative estimate of drug-likeness (QED) is 0.499. The van der Waals surface area contributed by atoms with Crippen LogP contribution in [0.15, 0.2) is 65.7 Å². The Morgan fingerprint density at radius 3 is 2.14 bits per heavy atom. The summed E-state index contributed by atoms with van der Waals surface area (Å²) < 4.78 is 15.4. The molecule has 0 unspecified atom stereocenters. The molecule has 0 amide bonds. The fourth-order valence-electron chi connectivity index (χ4n) is 2.30. The zero-order chi connectivity index (χ0) is 20.2. The van der Waals surface area contributed by atoms with Crippen molar-refractivity contribution in [2.45, 2.75) is 18.6 Å². The van der Waals surface area contributed by atoms with E-state index in [1.54, 1.807) is 60.7 Å². The normalized spacial score (nSPS) is 13.1. The number of aliphatic hydroxyl groups is 1.